The monoisotopic (exact) mass is 784 g/mol. The lowest BCUT2D eigenvalue weighted by atomic mass is 9.85. The molecule has 0 saturated heterocycles. The van der Waals surface area contributed by atoms with Crippen LogP contribution in [0.5, 0.6) is 0 Å². The standard InChI is InChI=1S/C38H52N6O7.BrH/c1-37(2,3)31(41-35(48)50-7)33(46)40-29(22-25-14-10-9-11-15-25)30(45)24-44(43-34(47)32(38(4,5)6)42-36(49)51-8)23-26-17-19-27(20-18-26)28-16-12-13-21-39-28;/h9-21,29-32,45H,22-24H2,1-8H3,(H,40,46)(H,41,48)(H,42,49)(H,43,47);1H. The van der Waals surface area contributed by atoms with Crippen molar-refractivity contribution in [3.63, 3.8) is 0 Å². The van der Waals surface area contributed by atoms with E-state index in [1.54, 1.807) is 32.0 Å². The summed E-state index contributed by atoms with van der Waals surface area (Å²) in [5.74, 6) is -1.03. The van der Waals surface area contributed by atoms with Crippen molar-refractivity contribution in [1.29, 1.82) is 0 Å². The van der Waals surface area contributed by atoms with E-state index >= 15 is 0 Å². The summed E-state index contributed by atoms with van der Waals surface area (Å²) in [5.41, 5.74) is 4.88. The van der Waals surface area contributed by atoms with Crippen LogP contribution in [0.1, 0.15) is 52.7 Å². The molecule has 2 aromatic carbocycles. The number of aliphatic hydroxyl groups excluding tert-OH is 1. The number of hydrogen-bond acceptors (Lipinski definition) is 9. The number of rotatable bonds is 14. The van der Waals surface area contributed by atoms with Gasteiger partial charge in [0.05, 0.1) is 32.1 Å². The molecule has 4 amide bonds. The van der Waals surface area contributed by atoms with E-state index < -0.39 is 59.1 Å². The van der Waals surface area contributed by atoms with Crippen LogP contribution in [0, 0.1) is 10.8 Å². The number of methoxy groups -OCH3 is 2. The molecule has 4 unspecified atom stereocenters. The summed E-state index contributed by atoms with van der Waals surface area (Å²) in [5, 5.41) is 21.6. The van der Waals surface area contributed by atoms with E-state index in [0.717, 1.165) is 22.4 Å². The van der Waals surface area contributed by atoms with E-state index in [1.165, 1.54) is 14.2 Å². The summed E-state index contributed by atoms with van der Waals surface area (Å²) in [6, 6.07) is 19.8. The molecule has 1 aromatic heterocycles. The fraction of sp³-hybridized carbons (Fsp3) is 0.447. The number of nitrogens with zero attached hydrogens (tertiary/aromatic N) is 2. The lowest BCUT2D eigenvalue weighted by molar-refractivity contribution is -0.132. The summed E-state index contributed by atoms with van der Waals surface area (Å²) < 4.78 is 9.54. The maximum absolute atomic E-state index is 13.8. The lowest BCUT2D eigenvalue weighted by Crippen LogP contribution is -2.60. The molecule has 5 N–H and O–H groups in total. The molecule has 284 valence electrons. The Balaban J connectivity index is 0.00000936. The minimum Gasteiger partial charge on any atom is -0.453 e. The van der Waals surface area contributed by atoms with Gasteiger partial charge in [0.2, 0.25) is 5.91 Å². The molecule has 0 bridgehead atoms. The molecule has 13 nitrogen and oxygen atoms in total. The van der Waals surface area contributed by atoms with Crippen molar-refractivity contribution in [1.82, 2.24) is 31.4 Å². The third-order valence-corrected chi connectivity index (χ3v) is 8.21. The van der Waals surface area contributed by atoms with Crippen molar-refractivity contribution in [2.75, 3.05) is 20.8 Å². The number of pyridine rings is 1. The van der Waals surface area contributed by atoms with Crippen molar-refractivity contribution in [3.05, 3.63) is 90.1 Å². The number of aliphatic hydroxyl groups is 1. The first-order valence-electron chi connectivity index (χ1n) is 16.8. The SMILES string of the molecule is Br.COC(=O)NC(C(=O)NC(Cc1ccccc1)C(O)CN(Cc1ccc(-c2ccccn2)cc1)NC(=O)C(NC(=O)OC)C(C)(C)C)C(C)(C)C. The molecule has 0 spiro atoms. The molecule has 52 heavy (non-hydrogen) atoms. The Morgan fingerprint density at radius 2 is 1.27 bits per heavy atom. The number of amides is 4. The highest BCUT2D eigenvalue weighted by Gasteiger charge is 2.37. The van der Waals surface area contributed by atoms with Gasteiger partial charge in [-0.15, -0.1) is 17.0 Å². The summed E-state index contributed by atoms with van der Waals surface area (Å²) in [6.07, 6.45) is -0.778. The number of alkyl carbamates (subject to hydrolysis) is 2. The summed E-state index contributed by atoms with van der Waals surface area (Å²) in [7, 11) is 2.44. The molecule has 3 rings (SSSR count). The highest BCUT2D eigenvalue weighted by molar-refractivity contribution is 8.93. The Morgan fingerprint density at radius 1 is 0.731 bits per heavy atom. The molecule has 14 heteroatoms. The quantitative estimate of drug-likeness (QED) is 0.144. The highest BCUT2D eigenvalue weighted by atomic mass is 79.9. The average molecular weight is 786 g/mol. The number of aromatic nitrogens is 1. The Hall–Kier alpha value is -4.53. The fourth-order valence-corrected chi connectivity index (χ4v) is 5.38. The minimum absolute atomic E-state index is 0. The first-order chi connectivity index (χ1) is 24.0. The van der Waals surface area contributed by atoms with E-state index in [0.29, 0.717) is 0 Å². The van der Waals surface area contributed by atoms with E-state index in [1.807, 2.05) is 93.6 Å². The number of hydrazine groups is 1. The second kappa shape index (κ2) is 19.9. The van der Waals surface area contributed by atoms with Crippen LogP contribution in [-0.4, -0.2) is 84.1 Å². The van der Waals surface area contributed by atoms with Crippen LogP contribution < -0.4 is 21.4 Å². The van der Waals surface area contributed by atoms with E-state index in [9.17, 15) is 24.3 Å². The zero-order valence-electron chi connectivity index (χ0n) is 31.1. The van der Waals surface area contributed by atoms with Gasteiger partial charge in [-0.1, -0.05) is 102 Å². The van der Waals surface area contributed by atoms with Gasteiger partial charge in [-0.2, -0.15) is 0 Å². The Bertz CT molecular complexity index is 1580. The van der Waals surface area contributed by atoms with Gasteiger partial charge in [0.1, 0.15) is 12.1 Å². The second-order valence-corrected chi connectivity index (χ2v) is 14.5. The second-order valence-electron chi connectivity index (χ2n) is 14.5. The molecular formula is C38H53BrN6O7. The first kappa shape index (κ1) is 43.6. The van der Waals surface area contributed by atoms with Crippen LogP contribution in [0.25, 0.3) is 11.3 Å². The number of hydrogen-bond donors (Lipinski definition) is 5. The maximum Gasteiger partial charge on any atom is 0.407 e. The van der Waals surface area contributed by atoms with Gasteiger partial charge in [0, 0.05) is 24.8 Å². The molecule has 0 fully saturated rings. The van der Waals surface area contributed by atoms with Gasteiger partial charge < -0.3 is 30.5 Å². The van der Waals surface area contributed by atoms with Crippen LogP contribution in [0.4, 0.5) is 9.59 Å². The first-order valence-corrected chi connectivity index (χ1v) is 16.8. The smallest absolute Gasteiger partial charge is 0.407 e. The maximum atomic E-state index is 13.8. The largest absolute Gasteiger partial charge is 0.453 e. The van der Waals surface area contributed by atoms with Crippen molar-refractivity contribution in [2.45, 2.75) is 78.7 Å². The Kier molecular flexibility index (Phi) is 16.7. The van der Waals surface area contributed by atoms with Crippen LogP contribution in [0.15, 0.2) is 79.0 Å². The zero-order valence-corrected chi connectivity index (χ0v) is 32.8. The predicted octanol–water partition coefficient (Wildman–Crippen LogP) is 4.79. The topological polar surface area (TPSA) is 171 Å². The highest BCUT2D eigenvalue weighted by Crippen LogP contribution is 2.23. The van der Waals surface area contributed by atoms with Crippen molar-refractivity contribution < 1.29 is 33.8 Å². The van der Waals surface area contributed by atoms with Crippen molar-refractivity contribution in [3.8, 4) is 11.3 Å². The van der Waals surface area contributed by atoms with Crippen LogP contribution in [-0.2, 0) is 32.0 Å². The predicted molar refractivity (Wildman–Crippen MR) is 204 cm³/mol. The molecule has 1 heterocycles. The van der Waals surface area contributed by atoms with Gasteiger partial charge in [0.25, 0.3) is 5.91 Å². The summed E-state index contributed by atoms with van der Waals surface area (Å²) in [6.45, 7) is 10.9. The van der Waals surface area contributed by atoms with Crippen molar-refractivity contribution >= 4 is 41.0 Å². The fourth-order valence-electron chi connectivity index (χ4n) is 5.38. The minimum atomic E-state index is -1.22. The normalized spacial score (nSPS) is 13.7. The van der Waals surface area contributed by atoms with Crippen LogP contribution in [0.2, 0.25) is 0 Å². The van der Waals surface area contributed by atoms with Gasteiger partial charge >= 0.3 is 12.2 Å². The van der Waals surface area contributed by atoms with E-state index in [-0.39, 0.29) is 36.5 Å². The molecule has 3 aromatic rings. The van der Waals surface area contributed by atoms with Gasteiger partial charge in [0.15, 0.2) is 0 Å². The number of carbonyl (C=O) groups is 4. The third kappa shape index (κ3) is 13.5. The van der Waals surface area contributed by atoms with Crippen LogP contribution in [0.3, 0.4) is 0 Å². The van der Waals surface area contributed by atoms with E-state index in [2.05, 4.69) is 26.4 Å². The number of halogens is 1. The molecule has 0 aliphatic rings. The molecule has 0 radical (unpaired) electrons. The molecular weight excluding hydrogens is 732 g/mol. The number of nitrogens with one attached hydrogen (secondary N) is 4. The number of carbonyl (C=O) groups excluding carboxylic acids is 4. The van der Waals surface area contributed by atoms with E-state index in [4.69, 9.17) is 9.47 Å². The molecule has 0 aliphatic carbocycles. The Morgan fingerprint density at radius 3 is 1.77 bits per heavy atom. The average Bonchev–Trinajstić information content (AvgIpc) is 3.08. The number of benzene rings is 2. The van der Waals surface area contributed by atoms with Crippen molar-refractivity contribution in [2.24, 2.45) is 10.8 Å². The summed E-state index contributed by atoms with van der Waals surface area (Å²) >= 11 is 0. The van der Waals surface area contributed by atoms with Gasteiger partial charge in [-0.3, -0.25) is 20.0 Å². The molecule has 0 aliphatic heterocycles. The summed E-state index contributed by atoms with van der Waals surface area (Å²) in [4.78, 5) is 56.3. The van der Waals surface area contributed by atoms with Crippen LogP contribution >= 0.6 is 17.0 Å². The Labute approximate surface area is 317 Å². The third-order valence-electron chi connectivity index (χ3n) is 8.21. The molecule has 0 saturated carbocycles. The number of ether oxygens (including phenoxy) is 2. The molecule has 4 atom stereocenters. The zero-order chi connectivity index (χ0) is 37.8. The lowest BCUT2D eigenvalue weighted by Gasteiger charge is -2.35. The van der Waals surface area contributed by atoms with Gasteiger partial charge in [-0.05, 0) is 40.5 Å². The van der Waals surface area contributed by atoms with Gasteiger partial charge in [-0.25, -0.2) is 14.6 Å².